The third-order valence-electron chi connectivity index (χ3n) is 4.50. The maximum Gasteiger partial charge on any atom is 0.333 e. The molecule has 122 valence electrons. The topological polar surface area (TPSA) is 24.9 Å². The molecule has 0 saturated carbocycles. The smallest absolute Gasteiger partial charge is 0.333 e. The van der Waals surface area contributed by atoms with Gasteiger partial charge >= 0.3 is 8.56 Å². The first-order valence-corrected chi connectivity index (χ1v) is 11.3. The molecule has 0 rings (SSSR count). The van der Waals surface area contributed by atoms with Crippen LogP contribution in [0.3, 0.4) is 0 Å². The Morgan fingerprint density at radius 3 is 1.75 bits per heavy atom. The highest BCUT2D eigenvalue weighted by molar-refractivity contribution is 6.74. The third-order valence-corrected chi connectivity index (χ3v) is 11.9. The van der Waals surface area contributed by atoms with Crippen molar-refractivity contribution >= 4 is 18.8 Å². The first-order valence-electron chi connectivity index (χ1n) is 7.71. The molecule has 0 aromatic rings. The van der Waals surface area contributed by atoms with Crippen LogP contribution < -0.4 is 0 Å². The summed E-state index contributed by atoms with van der Waals surface area (Å²) in [5, 5.41) is 0.691. The first-order chi connectivity index (χ1) is 9.28. The summed E-state index contributed by atoms with van der Waals surface area (Å²) < 4.78 is 11.3. The summed E-state index contributed by atoms with van der Waals surface area (Å²) in [5.41, 5.74) is 0. The number of unbranched alkanes of at least 4 members (excludes halogenated alkanes) is 2. The van der Waals surface area contributed by atoms with Crippen molar-refractivity contribution in [2.75, 3.05) is 42.4 Å². The van der Waals surface area contributed by atoms with E-state index < -0.39 is 8.56 Å². The molecule has 0 radical (unpaired) electrons. The van der Waals surface area contributed by atoms with Gasteiger partial charge in [0.2, 0.25) is 0 Å². The monoisotopic (exact) mass is 320 g/mol. The number of hydrogen-bond donors (Lipinski definition) is 0. The van der Waals surface area contributed by atoms with Crippen LogP contribution in [-0.2, 0) is 8.85 Å². The lowest BCUT2D eigenvalue weighted by Gasteiger charge is -2.31. The van der Waals surface area contributed by atoms with E-state index in [1.54, 1.807) is 14.2 Å². The van der Waals surface area contributed by atoms with Gasteiger partial charge in [-0.25, -0.2) is 0 Å². The Morgan fingerprint density at radius 1 is 0.900 bits per heavy atom. The van der Waals surface area contributed by atoms with Crippen molar-refractivity contribution in [3.05, 3.63) is 0 Å². The fourth-order valence-corrected chi connectivity index (χ4v) is 6.20. The van der Waals surface area contributed by atoms with Gasteiger partial charge in [-0.1, -0.05) is 25.7 Å². The van der Waals surface area contributed by atoms with Gasteiger partial charge in [-0.2, -0.15) is 0 Å². The van der Waals surface area contributed by atoms with Crippen LogP contribution in [0.15, 0.2) is 0 Å². The average Bonchev–Trinajstić information content (AvgIpc) is 2.40. The minimum absolute atomic E-state index is 0.555. The largest absolute Gasteiger partial charge is 0.398 e. The molecule has 0 aliphatic rings. The highest BCUT2D eigenvalue weighted by atomic mass is 28.4. The van der Waals surface area contributed by atoms with E-state index in [0.717, 1.165) is 0 Å². The molecule has 20 heavy (non-hydrogen) atoms. The summed E-state index contributed by atoms with van der Waals surface area (Å²) in [5.74, 6) is 0. The van der Waals surface area contributed by atoms with Crippen molar-refractivity contribution in [2.24, 2.45) is 0 Å². The Labute approximate surface area is 130 Å². The minimum atomic E-state index is -1.87. The summed E-state index contributed by atoms with van der Waals surface area (Å²) in [6, 6.07) is 0. The van der Waals surface area contributed by atoms with Crippen LogP contribution in [-0.4, -0.2) is 77.2 Å². The molecule has 0 aliphatic heterocycles. The van der Waals surface area contributed by atoms with Gasteiger partial charge in [-0.15, -0.1) is 0 Å². The zero-order valence-electron chi connectivity index (χ0n) is 14.9. The second-order valence-corrected chi connectivity index (χ2v) is 12.8. The Hall–Kier alpha value is 0.274. The highest BCUT2D eigenvalue weighted by Crippen LogP contribution is 2.25. The van der Waals surface area contributed by atoms with E-state index in [4.69, 9.17) is 8.85 Å². The molecule has 0 amide bonds. The molecule has 1 unspecified atom stereocenters. The fourth-order valence-electron chi connectivity index (χ4n) is 2.68. The van der Waals surface area contributed by atoms with Crippen molar-refractivity contribution in [2.45, 2.75) is 50.0 Å². The fraction of sp³-hybridized carbons (Fsp3) is 1.00. The quantitative estimate of drug-likeness (QED) is 0.327. The van der Waals surface area contributed by atoms with E-state index >= 15 is 0 Å². The van der Waals surface area contributed by atoms with Crippen molar-refractivity contribution in [1.29, 1.82) is 0 Å². The number of nitrogens with zero attached hydrogens (tertiary/aromatic N) is 2. The summed E-state index contributed by atoms with van der Waals surface area (Å²) in [7, 11) is 11.5. The molecule has 0 spiro atoms. The van der Waals surface area contributed by atoms with Gasteiger partial charge in [0.1, 0.15) is 0 Å². The van der Waals surface area contributed by atoms with Crippen LogP contribution in [0.5, 0.6) is 0 Å². The average molecular weight is 321 g/mol. The van der Waals surface area contributed by atoms with E-state index in [-0.39, 0.29) is 0 Å². The molecule has 0 saturated heterocycles. The summed E-state index contributed by atoms with van der Waals surface area (Å²) >= 11 is 0. The first kappa shape index (κ1) is 20.3. The lowest BCUT2D eigenvalue weighted by molar-refractivity contribution is 0.117. The zero-order valence-corrected chi connectivity index (χ0v) is 17.9. The lowest BCUT2D eigenvalue weighted by atomic mass is 10.1. The van der Waals surface area contributed by atoms with Gasteiger partial charge in [0.25, 0.3) is 0 Å². The van der Waals surface area contributed by atoms with Crippen LogP contribution in [0.1, 0.15) is 32.1 Å². The highest BCUT2D eigenvalue weighted by Gasteiger charge is 2.35. The van der Waals surface area contributed by atoms with E-state index in [1.807, 2.05) is 0 Å². The van der Waals surface area contributed by atoms with Gasteiger partial charge in [-0.3, -0.25) is 9.80 Å². The number of hydrogen-bond acceptors (Lipinski definition) is 4. The van der Waals surface area contributed by atoms with Crippen LogP contribution in [0, 0.1) is 0 Å². The normalized spacial score (nSPS) is 14.7. The molecule has 4 nitrogen and oxygen atoms in total. The Bertz CT molecular complexity index is 241. The molecule has 0 N–H and O–H groups in total. The van der Waals surface area contributed by atoms with Gasteiger partial charge < -0.3 is 8.85 Å². The van der Waals surface area contributed by atoms with Crippen LogP contribution in [0.4, 0.5) is 0 Å². The molecule has 0 bridgehead atoms. The second kappa shape index (κ2) is 10.1. The molecular weight excluding hydrogens is 284 g/mol. The SMILES string of the molecule is CO[Si](C)(OC)C([SiH3])CCCCCC(N(C)C)N(C)C. The van der Waals surface area contributed by atoms with Crippen molar-refractivity contribution < 1.29 is 8.85 Å². The van der Waals surface area contributed by atoms with Gasteiger partial charge in [0.05, 0.1) is 6.17 Å². The van der Waals surface area contributed by atoms with Crippen LogP contribution >= 0.6 is 0 Å². The molecule has 1 atom stereocenters. The van der Waals surface area contributed by atoms with E-state index in [1.165, 1.54) is 42.3 Å². The second-order valence-electron chi connectivity index (χ2n) is 6.37. The van der Waals surface area contributed by atoms with E-state index in [9.17, 15) is 0 Å². The van der Waals surface area contributed by atoms with Gasteiger partial charge in [0.15, 0.2) is 0 Å². The third kappa shape index (κ3) is 6.82. The molecule has 0 aromatic carbocycles. The zero-order chi connectivity index (χ0) is 15.8. The molecule has 0 aliphatic carbocycles. The van der Waals surface area contributed by atoms with Gasteiger partial charge in [-0.05, 0) is 46.3 Å². The Balaban J connectivity index is 3.92. The molecule has 6 heteroatoms. The summed E-state index contributed by atoms with van der Waals surface area (Å²) in [6.07, 6.45) is 6.99. The van der Waals surface area contributed by atoms with Crippen molar-refractivity contribution in [3.8, 4) is 0 Å². The maximum absolute atomic E-state index is 5.64. The predicted octanol–water partition coefficient (Wildman–Crippen LogP) is 1.44. The standard InChI is InChI=1S/C14H36N2O2Si2/c1-15(2)13(16(3)4)11-9-8-10-12-14(19)20(7,17-5)18-6/h13-14H,8-12H2,1-7,19H3. The molecular formula is C14H36N2O2Si2. The molecule has 0 aromatic heterocycles. The minimum Gasteiger partial charge on any atom is -0.398 e. The van der Waals surface area contributed by atoms with Crippen molar-refractivity contribution in [3.63, 3.8) is 0 Å². The van der Waals surface area contributed by atoms with Crippen LogP contribution in [0.25, 0.3) is 0 Å². The van der Waals surface area contributed by atoms with Gasteiger partial charge in [0, 0.05) is 24.5 Å². The van der Waals surface area contributed by atoms with E-state index in [0.29, 0.717) is 11.3 Å². The summed E-state index contributed by atoms with van der Waals surface area (Å²) in [6.45, 7) is 2.19. The number of rotatable bonds is 11. The predicted molar refractivity (Wildman–Crippen MR) is 93.6 cm³/mol. The van der Waals surface area contributed by atoms with Crippen LogP contribution in [0.2, 0.25) is 11.7 Å². The Morgan fingerprint density at radius 2 is 1.35 bits per heavy atom. The summed E-state index contributed by atoms with van der Waals surface area (Å²) in [4.78, 5) is 4.60. The lowest BCUT2D eigenvalue weighted by Crippen LogP contribution is -2.42. The van der Waals surface area contributed by atoms with E-state index in [2.05, 4.69) is 44.5 Å². The maximum atomic E-state index is 5.64. The molecule has 0 fully saturated rings. The molecule has 0 heterocycles. The Kier molecular flexibility index (Phi) is 10.2. The van der Waals surface area contributed by atoms with Crippen molar-refractivity contribution in [1.82, 2.24) is 9.80 Å².